The second kappa shape index (κ2) is 7.25. The molecule has 0 spiro atoms. The lowest BCUT2D eigenvalue weighted by Crippen LogP contribution is -2.47. The fraction of sp³-hybridized carbons (Fsp3) is 0.478. The highest BCUT2D eigenvalue weighted by molar-refractivity contribution is 5.95. The molecule has 0 saturated carbocycles. The molecular formula is C23H28N2O4. The molecule has 1 saturated heterocycles. The van der Waals surface area contributed by atoms with E-state index >= 15 is 0 Å². The number of H-pyrrole nitrogens is 1. The van der Waals surface area contributed by atoms with Crippen LogP contribution in [0, 0.1) is 26.2 Å². The molecular weight excluding hydrogens is 368 g/mol. The van der Waals surface area contributed by atoms with Gasteiger partial charge in [0.05, 0.1) is 0 Å². The van der Waals surface area contributed by atoms with Crippen LogP contribution in [0.2, 0.25) is 0 Å². The Morgan fingerprint density at radius 1 is 1.17 bits per heavy atom. The van der Waals surface area contributed by atoms with E-state index in [2.05, 4.69) is 18.0 Å². The molecule has 0 aliphatic carbocycles. The van der Waals surface area contributed by atoms with E-state index < -0.39 is 0 Å². The quantitative estimate of drug-likeness (QED) is 0.862. The Bertz CT molecular complexity index is 1030. The number of nitrogens with one attached hydrogen (secondary N) is 1. The maximum absolute atomic E-state index is 13.3. The zero-order chi connectivity index (χ0) is 20.8. The Morgan fingerprint density at radius 3 is 2.72 bits per heavy atom. The third-order valence-corrected chi connectivity index (χ3v) is 6.38. The van der Waals surface area contributed by atoms with E-state index in [9.17, 15) is 9.59 Å². The van der Waals surface area contributed by atoms with Crippen molar-refractivity contribution in [1.29, 1.82) is 0 Å². The van der Waals surface area contributed by atoms with Crippen LogP contribution in [0.5, 0.6) is 11.5 Å². The van der Waals surface area contributed by atoms with Crippen molar-refractivity contribution in [3.8, 4) is 11.5 Å². The first kappa shape index (κ1) is 19.6. The molecule has 2 aliphatic rings. The summed E-state index contributed by atoms with van der Waals surface area (Å²) < 4.78 is 10.9. The van der Waals surface area contributed by atoms with Crippen LogP contribution in [-0.4, -0.2) is 35.7 Å². The monoisotopic (exact) mass is 396 g/mol. The number of aromatic amines is 1. The van der Waals surface area contributed by atoms with Gasteiger partial charge in [0.2, 0.25) is 6.79 Å². The number of benzene rings is 1. The molecule has 1 aromatic heterocycles. The van der Waals surface area contributed by atoms with Gasteiger partial charge in [-0.1, -0.05) is 13.0 Å². The second-order valence-corrected chi connectivity index (χ2v) is 8.71. The molecule has 1 N–H and O–H groups in total. The Balaban J connectivity index is 1.56. The summed E-state index contributed by atoms with van der Waals surface area (Å²) in [6, 6.07) is 6.05. The number of amides is 1. The van der Waals surface area contributed by atoms with E-state index in [-0.39, 0.29) is 29.2 Å². The van der Waals surface area contributed by atoms with Crippen molar-refractivity contribution in [3.63, 3.8) is 0 Å². The summed E-state index contributed by atoms with van der Waals surface area (Å²) in [7, 11) is 0. The average molecular weight is 396 g/mol. The first-order chi connectivity index (χ1) is 13.8. The van der Waals surface area contributed by atoms with Crippen molar-refractivity contribution < 1.29 is 14.3 Å². The van der Waals surface area contributed by atoms with Gasteiger partial charge in [0.15, 0.2) is 11.5 Å². The van der Waals surface area contributed by atoms with Crippen LogP contribution in [0.1, 0.15) is 52.5 Å². The minimum absolute atomic E-state index is 0.0536. The summed E-state index contributed by atoms with van der Waals surface area (Å²) in [6.07, 6.45) is 2.80. The van der Waals surface area contributed by atoms with Gasteiger partial charge in [-0.15, -0.1) is 0 Å². The number of nitrogens with zero attached hydrogens (tertiary/aromatic N) is 1. The van der Waals surface area contributed by atoms with Crippen molar-refractivity contribution in [3.05, 3.63) is 56.5 Å². The highest BCUT2D eigenvalue weighted by atomic mass is 16.7. The molecule has 2 aromatic rings. The van der Waals surface area contributed by atoms with E-state index in [1.165, 1.54) is 5.56 Å². The van der Waals surface area contributed by atoms with Crippen molar-refractivity contribution in [2.45, 2.75) is 47.0 Å². The Morgan fingerprint density at radius 2 is 1.93 bits per heavy atom. The molecule has 6 heteroatoms. The third-order valence-electron chi connectivity index (χ3n) is 6.38. The standard InChI is InChI=1S/C23H28N2O4/c1-14-15(2)20(21(26)24-16(14)3)22(27)25-9-5-8-23(4,12-25)11-17-6-7-18-19(10-17)29-13-28-18/h6-7,10H,5,8-9,11-13H2,1-4H3,(H,24,26)/t23-/m1/s1. The van der Waals surface area contributed by atoms with Crippen LogP contribution in [0.3, 0.4) is 0 Å². The van der Waals surface area contributed by atoms with Crippen molar-refractivity contribution in [2.75, 3.05) is 19.9 Å². The minimum atomic E-state index is -0.293. The van der Waals surface area contributed by atoms with Crippen LogP contribution in [0.15, 0.2) is 23.0 Å². The van der Waals surface area contributed by atoms with Gasteiger partial charge < -0.3 is 19.4 Å². The van der Waals surface area contributed by atoms with E-state index in [0.717, 1.165) is 47.6 Å². The van der Waals surface area contributed by atoms with Crippen molar-refractivity contribution in [2.24, 2.45) is 5.41 Å². The number of carbonyl (C=O) groups is 1. The Hall–Kier alpha value is -2.76. The highest BCUT2D eigenvalue weighted by Crippen LogP contribution is 2.38. The minimum Gasteiger partial charge on any atom is -0.454 e. The van der Waals surface area contributed by atoms with Gasteiger partial charge in [-0.2, -0.15) is 0 Å². The average Bonchev–Trinajstić information content (AvgIpc) is 3.13. The number of aryl methyl sites for hydroxylation is 1. The van der Waals surface area contributed by atoms with Crippen molar-refractivity contribution in [1.82, 2.24) is 9.88 Å². The topological polar surface area (TPSA) is 71.6 Å². The number of ether oxygens (including phenoxy) is 2. The number of carbonyl (C=O) groups excluding carboxylic acids is 1. The number of likely N-dealkylation sites (tertiary alicyclic amines) is 1. The van der Waals surface area contributed by atoms with Crippen LogP contribution < -0.4 is 15.0 Å². The molecule has 1 aromatic carbocycles. The molecule has 4 rings (SSSR count). The lowest BCUT2D eigenvalue weighted by atomic mass is 9.76. The molecule has 2 aliphatic heterocycles. The molecule has 154 valence electrons. The number of fused-ring (bicyclic) bond motifs is 1. The van der Waals surface area contributed by atoms with Gasteiger partial charge >= 0.3 is 0 Å². The molecule has 1 atom stereocenters. The highest BCUT2D eigenvalue weighted by Gasteiger charge is 2.35. The first-order valence-corrected chi connectivity index (χ1v) is 10.2. The normalized spacial score (nSPS) is 20.8. The SMILES string of the molecule is Cc1[nH]c(=O)c(C(=O)N2CCC[C@](C)(Cc3ccc4c(c3)OCO4)C2)c(C)c1C. The Labute approximate surface area is 170 Å². The fourth-order valence-electron chi connectivity index (χ4n) is 4.56. The van der Waals surface area contributed by atoms with Crippen LogP contribution in [0.25, 0.3) is 0 Å². The number of pyridine rings is 1. The number of piperidine rings is 1. The summed E-state index contributed by atoms with van der Waals surface area (Å²) in [5, 5.41) is 0. The predicted molar refractivity (Wildman–Crippen MR) is 111 cm³/mol. The number of aromatic nitrogens is 1. The first-order valence-electron chi connectivity index (χ1n) is 10.2. The second-order valence-electron chi connectivity index (χ2n) is 8.71. The fourth-order valence-corrected chi connectivity index (χ4v) is 4.56. The molecule has 29 heavy (non-hydrogen) atoms. The Kier molecular flexibility index (Phi) is 4.89. The van der Waals surface area contributed by atoms with Crippen LogP contribution in [-0.2, 0) is 6.42 Å². The summed E-state index contributed by atoms with van der Waals surface area (Å²) in [4.78, 5) is 30.5. The summed E-state index contributed by atoms with van der Waals surface area (Å²) in [5.41, 5.74) is 3.66. The number of rotatable bonds is 3. The van der Waals surface area contributed by atoms with Gasteiger partial charge in [0.1, 0.15) is 5.56 Å². The zero-order valence-electron chi connectivity index (χ0n) is 17.6. The summed E-state index contributed by atoms with van der Waals surface area (Å²) in [5.74, 6) is 1.40. The number of hydrogen-bond donors (Lipinski definition) is 1. The van der Waals surface area contributed by atoms with Gasteiger partial charge in [0, 0.05) is 18.8 Å². The van der Waals surface area contributed by atoms with Gasteiger partial charge in [-0.05, 0) is 74.3 Å². The lowest BCUT2D eigenvalue weighted by Gasteiger charge is -2.41. The smallest absolute Gasteiger partial charge is 0.261 e. The van der Waals surface area contributed by atoms with E-state index in [1.54, 1.807) is 0 Å². The summed E-state index contributed by atoms with van der Waals surface area (Å²) >= 11 is 0. The maximum Gasteiger partial charge on any atom is 0.261 e. The molecule has 0 radical (unpaired) electrons. The van der Waals surface area contributed by atoms with Gasteiger partial charge in [-0.3, -0.25) is 9.59 Å². The van der Waals surface area contributed by atoms with Gasteiger partial charge in [-0.25, -0.2) is 0 Å². The predicted octanol–water partition coefficient (Wildman–Crippen LogP) is 3.51. The molecule has 3 heterocycles. The molecule has 1 fully saturated rings. The van der Waals surface area contributed by atoms with E-state index in [0.29, 0.717) is 13.1 Å². The molecule has 0 unspecified atom stereocenters. The molecule has 6 nitrogen and oxygen atoms in total. The largest absolute Gasteiger partial charge is 0.454 e. The van der Waals surface area contributed by atoms with Gasteiger partial charge in [0.25, 0.3) is 11.5 Å². The molecule has 0 bridgehead atoms. The molecule has 1 amide bonds. The van der Waals surface area contributed by atoms with Crippen LogP contribution >= 0.6 is 0 Å². The lowest BCUT2D eigenvalue weighted by molar-refractivity contribution is 0.0548. The van der Waals surface area contributed by atoms with Crippen molar-refractivity contribution >= 4 is 5.91 Å². The zero-order valence-corrected chi connectivity index (χ0v) is 17.6. The third kappa shape index (κ3) is 3.63. The summed E-state index contributed by atoms with van der Waals surface area (Å²) in [6.45, 7) is 9.46. The number of hydrogen-bond acceptors (Lipinski definition) is 4. The van der Waals surface area contributed by atoms with E-state index in [4.69, 9.17) is 9.47 Å². The van der Waals surface area contributed by atoms with E-state index in [1.807, 2.05) is 37.8 Å². The van der Waals surface area contributed by atoms with Crippen LogP contribution in [0.4, 0.5) is 0 Å². The maximum atomic E-state index is 13.3.